The minimum absolute atomic E-state index is 0.136. The summed E-state index contributed by atoms with van der Waals surface area (Å²) in [6, 6.07) is 2.03. The Morgan fingerprint density at radius 3 is 2.94 bits per heavy atom. The molecule has 2 heterocycles. The fourth-order valence-electron chi connectivity index (χ4n) is 1.47. The van der Waals surface area contributed by atoms with E-state index in [0.717, 1.165) is 9.90 Å². The second kappa shape index (κ2) is 4.90. The topological polar surface area (TPSA) is 55.6 Å². The van der Waals surface area contributed by atoms with E-state index in [-0.39, 0.29) is 6.04 Å². The van der Waals surface area contributed by atoms with Crippen molar-refractivity contribution in [3.05, 3.63) is 27.2 Å². The number of thiophene rings is 1. The van der Waals surface area contributed by atoms with Gasteiger partial charge in [-0.1, -0.05) is 11.6 Å². The SMILES string of the molecule is CNC(Cc1nnn(C)n1)c1sccc1Cl. The number of aryl methyl sites for hydroxylation is 1. The first-order valence-electron chi connectivity index (χ1n) is 4.83. The Labute approximate surface area is 102 Å². The molecule has 1 atom stereocenters. The highest BCUT2D eigenvalue weighted by Crippen LogP contribution is 2.29. The fraction of sp³-hybridized carbons (Fsp3) is 0.444. The van der Waals surface area contributed by atoms with E-state index in [1.165, 1.54) is 4.80 Å². The van der Waals surface area contributed by atoms with Crippen LogP contribution in [-0.4, -0.2) is 27.3 Å². The summed E-state index contributed by atoms with van der Waals surface area (Å²) in [7, 11) is 3.65. The smallest absolute Gasteiger partial charge is 0.176 e. The van der Waals surface area contributed by atoms with E-state index in [1.807, 2.05) is 18.5 Å². The van der Waals surface area contributed by atoms with Gasteiger partial charge < -0.3 is 5.32 Å². The van der Waals surface area contributed by atoms with Crippen LogP contribution < -0.4 is 5.32 Å². The normalized spacial score (nSPS) is 12.9. The molecule has 0 saturated carbocycles. The number of tetrazole rings is 1. The van der Waals surface area contributed by atoms with Gasteiger partial charge in [0.2, 0.25) is 0 Å². The van der Waals surface area contributed by atoms with Crippen LogP contribution in [-0.2, 0) is 13.5 Å². The van der Waals surface area contributed by atoms with E-state index < -0.39 is 0 Å². The maximum atomic E-state index is 6.09. The first-order chi connectivity index (χ1) is 7.70. The summed E-state index contributed by atoms with van der Waals surface area (Å²) < 4.78 is 0. The predicted molar refractivity (Wildman–Crippen MR) is 63.6 cm³/mol. The van der Waals surface area contributed by atoms with Crippen molar-refractivity contribution in [2.24, 2.45) is 7.05 Å². The second-order valence-corrected chi connectivity index (χ2v) is 4.73. The number of aromatic nitrogens is 4. The lowest BCUT2D eigenvalue weighted by molar-refractivity contribution is 0.578. The molecule has 16 heavy (non-hydrogen) atoms. The van der Waals surface area contributed by atoms with Gasteiger partial charge in [0.05, 0.1) is 18.1 Å². The van der Waals surface area contributed by atoms with Crippen LogP contribution in [0.3, 0.4) is 0 Å². The van der Waals surface area contributed by atoms with Crippen molar-refractivity contribution in [3.63, 3.8) is 0 Å². The van der Waals surface area contributed by atoms with Gasteiger partial charge in [-0.05, 0) is 23.7 Å². The van der Waals surface area contributed by atoms with Crippen LogP contribution in [0.15, 0.2) is 11.4 Å². The standard InChI is InChI=1S/C9H12ClN5S/c1-11-7(9-6(10)3-4-16-9)5-8-12-14-15(2)13-8/h3-4,7,11H,5H2,1-2H3. The highest BCUT2D eigenvalue weighted by molar-refractivity contribution is 7.10. The Morgan fingerprint density at radius 1 is 1.62 bits per heavy atom. The molecule has 0 aliphatic heterocycles. The monoisotopic (exact) mass is 257 g/mol. The van der Waals surface area contributed by atoms with E-state index in [2.05, 4.69) is 20.7 Å². The zero-order valence-corrected chi connectivity index (χ0v) is 10.6. The molecule has 7 heteroatoms. The lowest BCUT2D eigenvalue weighted by Crippen LogP contribution is -2.18. The lowest BCUT2D eigenvalue weighted by Gasteiger charge is -2.12. The van der Waals surface area contributed by atoms with Crippen LogP contribution in [0.5, 0.6) is 0 Å². The van der Waals surface area contributed by atoms with Crippen LogP contribution in [0.2, 0.25) is 5.02 Å². The summed E-state index contributed by atoms with van der Waals surface area (Å²) in [4.78, 5) is 2.56. The Bertz CT molecular complexity index is 466. The summed E-state index contributed by atoms with van der Waals surface area (Å²) in [5.41, 5.74) is 0. The predicted octanol–water partition coefficient (Wildman–Crippen LogP) is 1.43. The van der Waals surface area contributed by atoms with Crippen molar-refractivity contribution in [1.82, 2.24) is 25.5 Å². The maximum Gasteiger partial charge on any atom is 0.176 e. The third-order valence-corrected chi connectivity index (χ3v) is 3.72. The minimum Gasteiger partial charge on any atom is -0.312 e. The van der Waals surface area contributed by atoms with Gasteiger partial charge in [-0.15, -0.1) is 21.5 Å². The third-order valence-electron chi connectivity index (χ3n) is 2.25. The molecule has 5 nitrogen and oxygen atoms in total. The van der Waals surface area contributed by atoms with Gasteiger partial charge in [-0.25, -0.2) is 0 Å². The Morgan fingerprint density at radius 2 is 2.44 bits per heavy atom. The molecule has 1 unspecified atom stereocenters. The van der Waals surface area contributed by atoms with E-state index >= 15 is 0 Å². The lowest BCUT2D eigenvalue weighted by atomic mass is 10.1. The van der Waals surface area contributed by atoms with Crippen LogP contribution in [0.4, 0.5) is 0 Å². The second-order valence-electron chi connectivity index (χ2n) is 3.37. The average molecular weight is 258 g/mol. The number of rotatable bonds is 4. The maximum absolute atomic E-state index is 6.09. The van der Waals surface area contributed by atoms with Gasteiger partial charge in [-0.2, -0.15) is 4.80 Å². The number of nitrogens with one attached hydrogen (secondary N) is 1. The van der Waals surface area contributed by atoms with E-state index in [0.29, 0.717) is 12.2 Å². The molecule has 0 aliphatic carbocycles. The average Bonchev–Trinajstić information content (AvgIpc) is 2.84. The van der Waals surface area contributed by atoms with E-state index in [4.69, 9.17) is 11.6 Å². The number of hydrogen-bond acceptors (Lipinski definition) is 5. The Hall–Kier alpha value is -0.980. The number of hydrogen-bond donors (Lipinski definition) is 1. The fourth-order valence-corrected chi connectivity index (χ4v) is 2.77. The van der Waals surface area contributed by atoms with Gasteiger partial charge in [0.25, 0.3) is 0 Å². The number of likely N-dealkylation sites (N-methyl/N-ethyl adjacent to an activating group) is 1. The molecule has 0 amide bonds. The van der Waals surface area contributed by atoms with Gasteiger partial charge >= 0.3 is 0 Å². The largest absolute Gasteiger partial charge is 0.312 e. The highest BCUT2D eigenvalue weighted by Gasteiger charge is 2.17. The molecule has 0 saturated heterocycles. The summed E-state index contributed by atoms with van der Waals surface area (Å²) in [6.07, 6.45) is 0.685. The molecule has 0 bridgehead atoms. The molecule has 0 aliphatic rings. The van der Waals surface area contributed by atoms with Gasteiger partial charge in [-0.3, -0.25) is 0 Å². The molecular formula is C9H12ClN5S. The Balaban J connectivity index is 2.15. The van der Waals surface area contributed by atoms with Gasteiger partial charge in [0.1, 0.15) is 0 Å². The summed E-state index contributed by atoms with van der Waals surface area (Å²) in [5.74, 6) is 0.714. The van der Waals surface area contributed by atoms with Crippen molar-refractivity contribution in [3.8, 4) is 0 Å². The van der Waals surface area contributed by atoms with Crippen molar-refractivity contribution in [1.29, 1.82) is 0 Å². The molecule has 0 fully saturated rings. The molecule has 2 aromatic rings. The van der Waals surface area contributed by atoms with Crippen LogP contribution in [0.1, 0.15) is 16.7 Å². The molecule has 0 aromatic carbocycles. The van der Waals surface area contributed by atoms with Crippen LogP contribution in [0, 0.1) is 0 Å². The van der Waals surface area contributed by atoms with Crippen molar-refractivity contribution in [2.45, 2.75) is 12.5 Å². The first-order valence-corrected chi connectivity index (χ1v) is 6.09. The van der Waals surface area contributed by atoms with Crippen molar-refractivity contribution >= 4 is 22.9 Å². The van der Waals surface area contributed by atoms with Crippen molar-refractivity contribution in [2.75, 3.05) is 7.05 Å². The molecule has 2 rings (SSSR count). The Kier molecular flexibility index (Phi) is 3.52. The zero-order chi connectivity index (χ0) is 11.5. The third kappa shape index (κ3) is 2.40. The van der Waals surface area contributed by atoms with E-state index in [9.17, 15) is 0 Å². The van der Waals surface area contributed by atoms with Gasteiger partial charge in [0.15, 0.2) is 5.82 Å². The van der Waals surface area contributed by atoms with E-state index in [1.54, 1.807) is 18.4 Å². The number of nitrogens with zero attached hydrogens (tertiary/aromatic N) is 4. The van der Waals surface area contributed by atoms with Crippen molar-refractivity contribution < 1.29 is 0 Å². The molecule has 0 radical (unpaired) electrons. The highest BCUT2D eigenvalue weighted by atomic mass is 35.5. The minimum atomic E-state index is 0.136. The molecule has 1 N–H and O–H groups in total. The quantitative estimate of drug-likeness (QED) is 0.900. The van der Waals surface area contributed by atoms with Crippen LogP contribution in [0.25, 0.3) is 0 Å². The summed E-state index contributed by atoms with van der Waals surface area (Å²) in [5, 5.41) is 17.9. The first kappa shape index (κ1) is 11.5. The molecule has 0 spiro atoms. The molecule has 2 aromatic heterocycles. The zero-order valence-electron chi connectivity index (χ0n) is 9.01. The molecular weight excluding hydrogens is 246 g/mol. The molecule has 86 valence electrons. The summed E-state index contributed by atoms with van der Waals surface area (Å²) >= 11 is 7.72. The van der Waals surface area contributed by atoms with Crippen LogP contribution >= 0.6 is 22.9 Å². The number of halogens is 1. The van der Waals surface area contributed by atoms with Gasteiger partial charge in [0, 0.05) is 11.3 Å². The summed E-state index contributed by atoms with van der Waals surface area (Å²) in [6.45, 7) is 0.